The van der Waals surface area contributed by atoms with Gasteiger partial charge in [-0.3, -0.25) is 4.79 Å². The summed E-state index contributed by atoms with van der Waals surface area (Å²) in [7, 11) is 0. The zero-order chi connectivity index (χ0) is 17.2. The lowest BCUT2D eigenvalue weighted by Gasteiger charge is -2.32. The Morgan fingerprint density at radius 3 is 2.52 bits per heavy atom. The Labute approximate surface area is 149 Å². The molecule has 1 aromatic carbocycles. The maximum Gasteiger partial charge on any atom is 0.226 e. The molecule has 1 aliphatic carbocycles. The first-order chi connectivity index (χ1) is 12.2. The Morgan fingerprint density at radius 2 is 1.84 bits per heavy atom. The van der Waals surface area contributed by atoms with Crippen LogP contribution in [0.15, 0.2) is 36.5 Å². The number of rotatable bonds is 5. The number of likely N-dealkylation sites (tertiary alicyclic amines) is 1. The molecule has 2 heterocycles. The highest BCUT2D eigenvalue weighted by molar-refractivity contribution is 5.78. The molecule has 25 heavy (non-hydrogen) atoms. The lowest BCUT2D eigenvalue weighted by Crippen LogP contribution is -2.40. The summed E-state index contributed by atoms with van der Waals surface area (Å²) < 4.78 is 2.43. The molecule has 0 unspecified atom stereocenters. The SMILES string of the molecule is Cc1cnc(C2CC2)n1CC1CCN(C(=O)Cc2ccccc2)CC1. The topological polar surface area (TPSA) is 38.1 Å². The van der Waals surface area contributed by atoms with Crippen LogP contribution in [0.2, 0.25) is 0 Å². The molecule has 2 fully saturated rings. The van der Waals surface area contributed by atoms with Gasteiger partial charge in [0, 0.05) is 37.4 Å². The van der Waals surface area contributed by atoms with Crippen LogP contribution in [0.25, 0.3) is 0 Å². The van der Waals surface area contributed by atoms with Gasteiger partial charge in [-0.25, -0.2) is 4.98 Å². The highest BCUT2D eigenvalue weighted by Crippen LogP contribution is 2.40. The number of nitrogens with zero attached hydrogens (tertiary/aromatic N) is 3. The number of aryl methyl sites for hydroxylation is 1. The number of aromatic nitrogens is 2. The highest BCUT2D eigenvalue weighted by Gasteiger charge is 2.30. The monoisotopic (exact) mass is 337 g/mol. The Kier molecular flexibility index (Phi) is 4.60. The molecule has 0 radical (unpaired) electrons. The van der Waals surface area contributed by atoms with E-state index in [0.29, 0.717) is 18.3 Å². The third kappa shape index (κ3) is 3.78. The maximum absolute atomic E-state index is 12.5. The van der Waals surface area contributed by atoms with Gasteiger partial charge < -0.3 is 9.47 Å². The van der Waals surface area contributed by atoms with E-state index in [1.807, 2.05) is 41.4 Å². The van der Waals surface area contributed by atoms with E-state index in [4.69, 9.17) is 0 Å². The van der Waals surface area contributed by atoms with Crippen molar-refractivity contribution in [2.45, 2.75) is 51.5 Å². The number of hydrogen-bond donors (Lipinski definition) is 0. The molecule has 1 amide bonds. The highest BCUT2D eigenvalue weighted by atomic mass is 16.2. The zero-order valence-electron chi connectivity index (χ0n) is 15.0. The van der Waals surface area contributed by atoms with Crippen LogP contribution in [0.1, 0.15) is 48.7 Å². The van der Waals surface area contributed by atoms with Crippen molar-refractivity contribution in [3.63, 3.8) is 0 Å². The third-order valence-electron chi connectivity index (χ3n) is 5.63. The van der Waals surface area contributed by atoms with E-state index in [1.165, 1.54) is 24.4 Å². The number of amides is 1. The van der Waals surface area contributed by atoms with E-state index in [1.54, 1.807) is 0 Å². The van der Waals surface area contributed by atoms with Gasteiger partial charge in [-0.2, -0.15) is 0 Å². The van der Waals surface area contributed by atoms with Crippen molar-refractivity contribution in [2.24, 2.45) is 5.92 Å². The van der Waals surface area contributed by atoms with Gasteiger partial charge in [0.2, 0.25) is 5.91 Å². The molecule has 4 heteroatoms. The van der Waals surface area contributed by atoms with E-state index in [0.717, 1.165) is 38.0 Å². The van der Waals surface area contributed by atoms with Crippen molar-refractivity contribution in [1.29, 1.82) is 0 Å². The second-order valence-electron chi connectivity index (χ2n) is 7.63. The number of imidazole rings is 1. The second kappa shape index (κ2) is 7.03. The van der Waals surface area contributed by atoms with Gasteiger partial charge >= 0.3 is 0 Å². The number of benzene rings is 1. The molecule has 1 aliphatic heterocycles. The van der Waals surface area contributed by atoms with Gasteiger partial charge in [0.25, 0.3) is 0 Å². The standard InChI is InChI=1S/C21H27N3O/c1-16-14-22-21(19-7-8-19)24(16)15-18-9-11-23(12-10-18)20(25)13-17-5-3-2-4-6-17/h2-6,14,18-19H,7-13,15H2,1H3. The summed E-state index contributed by atoms with van der Waals surface area (Å²) in [5, 5.41) is 0. The largest absolute Gasteiger partial charge is 0.342 e. The van der Waals surface area contributed by atoms with Gasteiger partial charge in [-0.1, -0.05) is 30.3 Å². The molecule has 1 saturated heterocycles. The molecular formula is C21H27N3O. The molecule has 0 atom stereocenters. The van der Waals surface area contributed by atoms with Crippen LogP contribution < -0.4 is 0 Å². The molecule has 1 saturated carbocycles. The van der Waals surface area contributed by atoms with Crippen molar-refractivity contribution < 1.29 is 4.79 Å². The smallest absolute Gasteiger partial charge is 0.226 e. The molecule has 0 spiro atoms. The first-order valence-corrected chi connectivity index (χ1v) is 9.54. The predicted octanol–water partition coefficient (Wildman–Crippen LogP) is 3.55. The molecule has 1 aromatic heterocycles. The molecule has 132 valence electrons. The summed E-state index contributed by atoms with van der Waals surface area (Å²) in [6.07, 6.45) is 7.33. The van der Waals surface area contributed by atoms with Gasteiger partial charge in [-0.15, -0.1) is 0 Å². The quantitative estimate of drug-likeness (QED) is 0.837. The predicted molar refractivity (Wildman–Crippen MR) is 98.4 cm³/mol. The van der Waals surface area contributed by atoms with Gasteiger partial charge in [-0.05, 0) is 44.1 Å². The minimum absolute atomic E-state index is 0.266. The average molecular weight is 337 g/mol. The zero-order valence-corrected chi connectivity index (χ0v) is 15.0. The van der Waals surface area contributed by atoms with E-state index < -0.39 is 0 Å². The molecule has 4 nitrogen and oxygen atoms in total. The van der Waals surface area contributed by atoms with Crippen LogP contribution >= 0.6 is 0 Å². The van der Waals surface area contributed by atoms with Crippen LogP contribution in [0.4, 0.5) is 0 Å². The van der Waals surface area contributed by atoms with E-state index in [-0.39, 0.29) is 5.91 Å². The van der Waals surface area contributed by atoms with Crippen LogP contribution in [0.3, 0.4) is 0 Å². The van der Waals surface area contributed by atoms with Gasteiger partial charge in [0.15, 0.2) is 0 Å². The van der Waals surface area contributed by atoms with Crippen molar-refractivity contribution in [3.8, 4) is 0 Å². The normalized spacial score (nSPS) is 18.5. The van der Waals surface area contributed by atoms with Crippen molar-refractivity contribution in [2.75, 3.05) is 13.1 Å². The number of piperidine rings is 1. The summed E-state index contributed by atoms with van der Waals surface area (Å²) in [4.78, 5) is 19.2. The van der Waals surface area contributed by atoms with Gasteiger partial charge in [0.05, 0.1) is 6.42 Å². The molecule has 2 aliphatic rings. The summed E-state index contributed by atoms with van der Waals surface area (Å²) in [6.45, 7) is 5.02. The first kappa shape index (κ1) is 16.4. The molecule has 0 N–H and O–H groups in total. The first-order valence-electron chi connectivity index (χ1n) is 9.54. The second-order valence-corrected chi connectivity index (χ2v) is 7.63. The summed E-state index contributed by atoms with van der Waals surface area (Å²) in [5.74, 6) is 2.91. The fourth-order valence-electron chi connectivity index (χ4n) is 3.89. The average Bonchev–Trinajstić information content (AvgIpc) is 3.41. The summed E-state index contributed by atoms with van der Waals surface area (Å²) >= 11 is 0. The van der Waals surface area contributed by atoms with Crippen molar-refractivity contribution >= 4 is 5.91 Å². The minimum Gasteiger partial charge on any atom is -0.342 e. The number of carbonyl (C=O) groups is 1. The van der Waals surface area contributed by atoms with E-state index in [2.05, 4.69) is 16.5 Å². The van der Waals surface area contributed by atoms with Gasteiger partial charge in [0.1, 0.15) is 5.82 Å². The minimum atomic E-state index is 0.266. The Balaban J connectivity index is 1.31. The van der Waals surface area contributed by atoms with E-state index in [9.17, 15) is 4.79 Å². The Bertz CT molecular complexity index is 725. The van der Waals surface area contributed by atoms with Crippen LogP contribution in [-0.2, 0) is 17.8 Å². The van der Waals surface area contributed by atoms with Crippen LogP contribution in [0.5, 0.6) is 0 Å². The van der Waals surface area contributed by atoms with Crippen LogP contribution in [-0.4, -0.2) is 33.4 Å². The lowest BCUT2D eigenvalue weighted by atomic mass is 9.96. The van der Waals surface area contributed by atoms with Crippen molar-refractivity contribution in [1.82, 2.24) is 14.5 Å². The summed E-state index contributed by atoms with van der Waals surface area (Å²) in [5.41, 5.74) is 2.39. The van der Waals surface area contributed by atoms with Crippen LogP contribution in [0, 0.1) is 12.8 Å². The molecule has 2 aromatic rings. The Hall–Kier alpha value is -2.10. The van der Waals surface area contributed by atoms with E-state index >= 15 is 0 Å². The molecule has 0 bridgehead atoms. The van der Waals surface area contributed by atoms with Crippen molar-refractivity contribution in [3.05, 3.63) is 53.6 Å². The lowest BCUT2D eigenvalue weighted by molar-refractivity contribution is -0.131. The number of hydrogen-bond acceptors (Lipinski definition) is 2. The molecule has 4 rings (SSSR count). The fourth-order valence-corrected chi connectivity index (χ4v) is 3.89. The maximum atomic E-state index is 12.5. The third-order valence-corrected chi connectivity index (χ3v) is 5.63. The number of carbonyl (C=O) groups excluding carboxylic acids is 1. The summed E-state index contributed by atoms with van der Waals surface area (Å²) in [6, 6.07) is 10.1. The fraction of sp³-hybridized carbons (Fsp3) is 0.524. The molecular weight excluding hydrogens is 310 g/mol. The Morgan fingerprint density at radius 1 is 1.12 bits per heavy atom.